The van der Waals surface area contributed by atoms with Crippen molar-refractivity contribution < 1.29 is 18.3 Å². The van der Waals surface area contributed by atoms with Crippen LogP contribution in [0.3, 0.4) is 0 Å². The number of carbonyl (C=O) groups excluding carboxylic acids is 1. The summed E-state index contributed by atoms with van der Waals surface area (Å²) in [5.74, 6) is -2.08. The van der Waals surface area contributed by atoms with Crippen LogP contribution in [0.25, 0.3) is 0 Å². The van der Waals surface area contributed by atoms with Gasteiger partial charge in [-0.1, -0.05) is 0 Å². The average molecular weight is 343 g/mol. The maximum Gasteiger partial charge on any atom is 0.250 e. The molecule has 7 heteroatoms. The number of anilines is 1. The summed E-state index contributed by atoms with van der Waals surface area (Å²) in [5, 5.41) is 0. The van der Waals surface area contributed by atoms with Crippen molar-refractivity contribution in [2.75, 3.05) is 5.73 Å². The van der Waals surface area contributed by atoms with E-state index in [0.29, 0.717) is 4.47 Å². The fourth-order valence-corrected chi connectivity index (χ4v) is 1.97. The van der Waals surface area contributed by atoms with E-state index in [0.717, 1.165) is 18.2 Å². The lowest BCUT2D eigenvalue weighted by atomic mass is 10.1. The highest BCUT2D eigenvalue weighted by molar-refractivity contribution is 9.10. The maximum atomic E-state index is 13.7. The molecule has 0 heterocycles. The van der Waals surface area contributed by atoms with Gasteiger partial charge in [-0.3, -0.25) is 4.79 Å². The van der Waals surface area contributed by atoms with Crippen molar-refractivity contribution in [2.24, 2.45) is 5.73 Å². The van der Waals surface area contributed by atoms with E-state index in [2.05, 4.69) is 15.9 Å². The number of rotatable bonds is 3. The molecule has 0 unspecified atom stereocenters. The van der Waals surface area contributed by atoms with Gasteiger partial charge in [0.1, 0.15) is 11.6 Å². The maximum absolute atomic E-state index is 13.7. The minimum atomic E-state index is -0.800. The van der Waals surface area contributed by atoms with Gasteiger partial charge < -0.3 is 16.2 Å². The first kappa shape index (κ1) is 14.3. The minimum Gasteiger partial charge on any atom is -0.453 e. The van der Waals surface area contributed by atoms with E-state index < -0.39 is 17.5 Å². The smallest absolute Gasteiger partial charge is 0.250 e. The predicted octanol–water partition coefficient (Wildman–Crippen LogP) is 3.20. The van der Waals surface area contributed by atoms with Crippen LogP contribution < -0.4 is 16.2 Å². The van der Waals surface area contributed by atoms with E-state index in [-0.39, 0.29) is 22.7 Å². The molecular weight excluding hydrogens is 334 g/mol. The largest absolute Gasteiger partial charge is 0.453 e. The van der Waals surface area contributed by atoms with Crippen LogP contribution in [-0.4, -0.2) is 5.91 Å². The van der Waals surface area contributed by atoms with Gasteiger partial charge in [0.25, 0.3) is 5.91 Å². The van der Waals surface area contributed by atoms with Crippen molar-refractivity contribution in [1.82, 2.24) is 0 Å². The molecule has 2 aromatic carbocycles. The Morgan fingerprint density at radius 1 is 1.15 bits per heavy atom. The summed E-state index contributed by atoms with van der Waals surface area (Å²) in [5.41, 5.74) is 10.5. The van der Waals surface area contributed by atoms with Gasteiger partial charge in [-0.05, 0) is 40.2 Å². The van der Waals surface area contributed by atoms with Gasteiger partial charge in [0.2, 0.25) is 0 Å². The lowest BCUT2D eigenvalue weighted by Gasteiger charge is -2.11. The summed E-state index contributed by atoms with van der Waals surface area (Å²) in [6.45, 7) is 0. The monoisotopic (exact) mass is 342 g/mol. The first-order chi connectivity index (χ1) is 9.38. The standard InChI is InChI=1S/C13H9BrF2N2O2/c14-8-3-6(15)1-2-11(8)20-12-4-7(13(18)19)10(17)5-9(12)16/h1-5H,17H2,(H2,18,19). The first-order valence-electron chi connectivity index (χ1n) is 5.40. The van der Waals surface area contributed by atoms with E-state index in [1.807, 2.05) is 0 Å². The number of hydrogen-bond acceptors (Lipinski definition) is 3. The molecule has 0 aliphatic carbocycles. The summed E-state index contributed by atoms with van der Waals surface area (Å²) in [7, 11) is 0. The second kappa shape index (κ2) is 5.46. The van der Waals surface area contributed by atoms with Crippen LogP contribution in [-0.2, 0) is 0 Å². The van der Waals surface area contributed by atoms with Crippen molar-refractivity contribution in [2.45, 2.75) is 0 Å². The molecule has 0 saturated heterocycles. The van der Waals surface area contributed by atoms with E-state index >= 15 is 0 Å². The Balaban J connectivity index is 2.43. The zero-order valence-electron chi connectivity index (χ0n) is 9.99. The van der Waals surface area contributed by atoms with Crippen molar-refractivity contribution in [3.63, 3.8) is 0 Å². The third kappa shape index (κ3) is 2.88. The Kier molecular flexibility index (Phi) is 3.89. The van der Waals surface area contributed by atoms with Crippen molar-refractivity contribution in [1.29, 1.82) is 0 Å². The Labute approximate surface area is 121 Å². The Morgan fingerprint density at radius 3 is 2.45 bits per heavy atom. The number of benzene rings is 2. The Hall–Kier alpha value is -2.15. The third-order valence-corrected chi connectivity index (χ3v) is 3.10. The quantitative estimate of drug-likeness (QED) is 0.840. The van der Waals surface area contributed by atoms with Crippen LogP contribution in [0.1, 0.15) is 10.4 Å². The van der Waals surface area contributed by atoms with E-state index in [1.54, 1.807) is 0 Å². The Bertz CT molecular complexity index is 692. The molecule has 4 nitrogen and oxygen atoms in total. The number of nitrogens with two attached hydrogens (primary N) is 2. The van der Waals surface area contributed by atoms with E-state index in [1.165, 1.54) is 12.1 Å². The van der Waals surface area contributed by atoms with Crippen molar-refractivity contribution in [3.05, 3.63) is 52.0 Å². The highest BCUT2D eigenvalue weighted by Gasteiger charge is 2.14. The second-order valence-corrected chi connectivity index (χ2v) is 4.77. The number of primary amides is 1. The van der Waals surface area contributed by atoms with Gasteiger partial charge in [0.05, 0.1) is 10.0 Å². The fraction of sp³-hybridized carbons (Fsp3) is 0. The number of amides is 1. The molecule has 2 rings (SSSR count). The average Bonchev–Trinajstić information content (AvgIpc) is 2.35. The molecule has 0 spiro atoms. The number of carbonyl (C=O) groups is 1. The zero-order chi connectivity index (χ0) is 14.9. The molecule has 0 fully saturated rings. The van der Waals surface area contributed by atoms with Crippen LogP contribution in [0.4, 0.5) is 14.5 Å². The molecule has 4 N–H and O–H groups in total. The number of nitrogen functional groups attached to an aromatic ring is 1. The minimum absolute atomic E-state index is 0.0559. The van der Waals surface area contributed by atoms with Gasteiger partial charge in [-0.2, -0.15) is 0 Å². The molecule has 104 valence electrons. The SMILES string of the molecule is NC(=O)c1cc(Oc2ccc(F)cc2Br)c(F)cc1N. The van der Waals surface area contributed by atoms with E-state index in [9.17, 15) is 13.6 Å². The predicted molar refractivity (Wildman–Crippen MR) is 73.5 cm³/mol. The molecular formula is C13H9BrF2N2O2. The lowest BCUT2D eigenvalue weighted by molar-refractivity contribution is 0.100. The molecule has 0 radical (unpaired) electrons. The van der Waals surface area contributed by atoms with Crippen LogP contribution in [0.2, 0.25) is 0 Å². The van der Waals surface area contributed by atoms with Crippen LogP contribution in [0, 0.1) is 11.6 Å². The van der Waals surface area contributed by atoms with Gasteiger partial charge >= 0.3 is 0 Å². The summed E-state index contributed by atoms with van der Waals surface area (Å²) < 4.78 is 32.3. The molecule has 1 amide bonds. The van der Waals surface area contributed by atoms with Gasteiger partial charge in [-0.25, -0.2) is 8.78 Å². The van der Waals surface area contributed by atoms with Crippen molar-refractivity contribution in [3.8, 4) is 11.5 Å². The number of hydrogen-bond donors (Lipinski definition) is 2. The second-order valence-electron chi connectivity index (χ2n) is 3.91. The highest BCUT2D eigenvalue weighted by Crippen LogP contribution is 2.33. The molecule has 20 heavy (non-hydrogen) atoms. The molecule has 0 aromatic heterocycles. The summed E-state index contributed by atoms with van der Waals surface area (Å²) >= 11 is 3.09. The number of ether oxygens (including phenoxy) is 1. The highest BCUT2D eigenvalue weighted by atomic mass is 79.9. The Morgan fingerprint density at radius 2 is 1.85 bits per heavy atom. The van der Waals surface area contributed by atoms with Crippen LogP contribution >= 0.6 is 15.9 Å². The summed E-state index contributed by atoms with van der Waals surface area (Å²) in [6.07, 6.45) is 0. The normalized spacial score (nSPS) is 10.3. The molecule has 2 aromatic rings. The lowest BCUT2D eigenvalue weighted by Crippen LogP contribution is -2.14. The molecule has 0 atom stereocenters. The summed E-state index contributed by atoms with van der Waals surface area (Å²) in [6, 6.07) is 5.68. The summed E-state index contributed by atoms with van der Waals surface area (Å²) in [4.78, 5) is 11.2. The van der Waals surface area contributed by atoms with Gasteiger partial charge in [0.15, 0.2) is 11.6 Å². The van der Waals surface area contributed by atoms with Crippen LogP contribution in [0.15, 0.2) is 34.8 Å². The van der Waals surface area contributed by atoms with Crippen molar-refractivity contribution >= 4 is 27.5 Å². The molecule has 0 aliphatic heterocycles. The van der Waals surface area contributed by atoms with Crippen LogP contribution in [0.5, 0.6) is 11.5 Å². The van der Waals surface area contributed by atoms with Gasteiger partial charge in [-0.15, -0.1) is 0 Å². The molecule has 0 aliphatic rings. The topological polar surface area (TPSA) is 78.3 Å². The molecule has 0 bridgehead atoms. The van der Waals surface area contributed by atoms with E-state index in [4.69, 9.17) is 16.2 Å². The molecule has 0 saturated carbocycles. The first-order valence-corrected chi connectivity index (χ1v) is 6.19. The van der Waals surface area contributed by atoms with Gasteiger partial charge in [0, 0.05) is 11.8 Å². The zero-order valence-corrected chi connectivity index (χ0v) is 11.6. The number of halogens is 3. The fourth-order valence-electron chi connectivity index (χ4n) is 1.54. The third-order valence-electron chi connectivity index (χ3n) is 2.48.